The predicted molar refractivity (Wildman–Crippen MR) is 111 cm³/mol. The SMILES string of the molecule is CCCC(C(=O)Nc1ccnn1Cc1ccc(Cl)cc1Cl)c1ccccc1. The third kappa shape index (κ3) is 4.90. The van der Waals surface area contributed by atoms with E-state index in [1.165, 1.54) is 0 Å². The fourth-order valence-corrected chi connectivity index (χ4v) is 3.48. The molecule has 0 aliphatic heterocycles. The summed E-state index contributed by atoms with van der Waals surface area (Å²) in [4.78, 5) is 12.9. The van der Waals surface area contributed by atoms with E-state index in [1.54, 1.807) is 29.1 Å². The number of hydrogen-bond acceptors (Lipinski definition) is 2. The molecule has 0 saturated carbocycles. The van der Waals surface area contributed by atoms with E-state index in [1.807, 2.05) is 36.4 Å². The van der Waals surface area contributed by atoms with Crippen molar-refractivity contribution in [2.45, 2.75) is 32.2 Å². The molecule has 4 nitrogen and oxygen atoms in total. The summed E-state index contributed by atoms with van der Waals surface area (Å²) in [6, 6.07) is 17.0. The van der Waals surface area contributed by atoms with Crippen LogP contribution in [0, 0.1) is 0 Å². The lowest BCUT2D eigenvalue weighted by atomic mass is 9.94. The number of nitrogens with zero attached hydrogens (tertiary/aromatic N) is 2. The molecular formula is C21H21Cl2N3O. The van der Waals surface area contributed by atoms with Gasteiger partial charge in [0.2, 0.25) is 5.91 Å². The summed E-state index contributed by atoms with van der Waals surface area (Å²) in [7, 11) is 0. The zero-order chi connectivity index (χ0) is 19.2. The van der Waals surface area contributed by atoms with E-state index in [4.69, 9.17) is 23.2 Å². The highest BCUT2D eigenvalue weighted by Gasteiger charge is 2.21. The Morgan fingerprint density at radius 2 is 1.93 bits per heavy atom. The van der Waals surface area contributed by atoms with Crippen LogP contribution in [0.15, 0.2) is 60.8 Å². The monoisotopic (exact) mass is 401 g/mol. The molecule has 1 unspecified atom stereocenters. The van der Waals surface area contributed by atoms with Crippen LogP contribution in [-0.4, -0.2) is 15.7 Å². The number of hydrogen-bond donors (Lipinski definition) is 1. The molecule has 27 heavy (non-hydrogen) atoms. The number of halogens is 2. The van der Waals surface area contributed by atoms with Crippen molar-refractivity contribution in [1.29, 1.82) is 0 Å². The van der Waals surface area contributed by atoms with E-state index >= 15 is 0 Å². The van der Waals surface area contributed by atoms with Gasteiger partial charge >= 0.3 is 0 Å². The van der Waals surface area contributed by atoms with E-state index in [2.05, 4.69) is 17.3 Å². The molecule has 0 saturated heterocycles. The Hall–Kier alpha value is -2.30. The molecule has 0 bridgehead atoms. The van der Waals surface area contributed by atoms with E-state index in [0.717, 1.165) is 24.0 Å². The van der Waals surface area contributed by atoms with Gasteiger partial charge in [-0.2, -0.15) is 5.10 Å². The summed E-state index contributed by atoms with van der Waals surface area (Å²) in [5.74, 6) is 0.411. The molecule has 1 N–H and O–H groups in total. The minimum atomic E-state index is -0.196. The van der Waals surface area contributed by atoms with Gasteiger partial charge in [-0.3, -0.25) is 4.79 Å². The molecule has 0 fully saturated rings. The van der Waals surface area contributed by atoms with Gasteiger partial charge in [0.1, 0.15) is 5.82 Å². The topological polar surface area (TPSA) is 46.9 Å². The number of anilines is 1. The van der Waals surface area contributed by atoms with Crippen molar-refractivity contribution in [3.63, 3.8) is 0 Å². The molecule has 0 radical (unpaired) electrons. The Balaban J connectivity index is 1.77. The summed E-state index contributed by atoms with van der Waals surface area (Å²) in [6.45, 7) is 2.53. The number of nitrogens with one attached hydrogen (secondary N) is 1. The van der Waals surface area contributed by atoms with Crippen molar-refractivity contribution >= 4 is 34.9 Å². The van der Waals surface area contributed by atoms with E-state index in [9.17, 15) is 4.79 Å². The minimum absolute atomic E-state index is 0.0352. The van der Waals surface area contributed by atoms with Gasteiger partial charge in [-0.1, -0.05) is 72.9 Å². The zero-order valence-corrected chi connectivity index (χ0v) is 16.5. The summed E-state index contributed by atoms with van der Waals surface area (Å²) >= 11 is 12.2. The Morgan fingerprint density at radius 3 is 2.63 bits per heavy atom. The molecule has 1 aromatic heterocycles. The molecule has 1 atom stereocenters. The van der Waals surface area contributed by atoms with E-state index < -0.39 is 0 Å². The van der Waals surface area contributed by atoms with E-state index in [0.29, 0.717) is 22.4 Å². The normalized spacial score (nSPS) is 12.0. The largest absolute Gasteiger partial charge is 0.310 e. The first-order chi connectivity index (χ1) is 13.1. The third-order valence-corrected chi connectivity index (χ3v) is 4.99. The first-order valence-corrected chi connectivity index (χ1v) is 9.65. The number of amides is 1. The number of carbonyl (C=O) groups is 1. The van der Waals surface area contributed by atoms with Crippen LogP contribution in [0.2, 0.25) is 10.0 Å². The van der Waals surface area contributed by atoms with Crippen LogP contribution in [-0.2, 0) is 11.3 Å². The van der Waals surface area contributed by atoms with Crippen LogP contribution in [0.1, 0.15) is 36.8 Å². The van der Waals surface area contributed by atoms with E-state index in [-0.39, 0.29) is 11.8 Å². The molecule has 2 aromatic carbocycles. The fraction of sp³-hybridized carbons (Fsp3) is 0.238. The van der Waals surface area contributed by atoms with Crippen molar-refractivity contribution in [2.75, 3.05) is 5.32 Å². The molecule has 1 heterocycles. The van der Waals surface area contributed by atoms with Crippen molar-refractivity contribution < 1.29 is 4.79 Å². The van der Waals surface area contributed by atoms with Crippen LogP contribution in [0.5, 0.6) is 0 Å². The second kappa shape index (κ2) is 9.07. The number of rotatable bonds is 7. The average molecular weight is 402 g/mol. The Bertz CT molecular complexity index is 909. The summed E-state index contributed by atoms with van der Waals surface area (Å²) < 4.78 is 1.72. The third-order valence-electron chi connectivity index (χ3n) is 4.40. The van der Waals surface area contributed by atoms with Crippen LogP contribution in [0.3, 0.4) is 0 Å². The molecule has 140 valence electrons. The van der Waals surface area contributed by atoms with Crippen molar-refractivity contribution in [1.82, 2.24) is 9.78 Å². The number of aromatic nitrogens is 2. The molecule has 3 aromatic rings. The minimum Gasteiger partial charge on any atom is -0.310 e. The zero-order valence-electron chi connectivity index (χ0n) is 15.0. The van der Waals surface area contributed by atoms with Crippen LogP contribution in [0.4, 0.5) is 5.82 Å². The smallest absolute Gasteiger partial charge is 0.233 e. The maximum absolute atomic E-state index is 12.9. The van der Waals surface area contributed by atoms with Crippen LogP contribution >= 0.6 is 23.2 Å². The van der Waals surface area contributed by atoms with Crippen molar-refractivity contribution in [3.05, 3.63) is 82.0 Å². The lowest BCUT2D eigenvalue weighted by molar-refractivity contribution is -0.117. The molecule has 1 amide bonds. The number of benzene rings is 2. The molecule has 6 heteroatoms. The van der Waals surface area contributed by atoms with Crippen molar-refractivity contribution in [2.24, 2.45) is 0 Å². The first kappa shape index (κ1) is 19.5. The fourth-order valence-electron chi connectivity index (χ4n) is 3.01. The van der Waals surface area contributed by atoms with Gasteiger partial charge in [0.05, 0.1) is 18.7 Å². The Kier molecular flexibility index (Phi) is 6.54. The molecule has 3 rings (SSSR count). The van der Waals surface area contributed by atoms with Gasteiger partial charge in [0.25, 0.3) is 0 Å². The molecular weight excluding hydrogens is 381 g/mol. The average Bonchev–Trinajstić information content (AvgIpc) is 3.09. The van der Waals surface area contributed by atoms with Gasteiger partial charge in [-0.05, 0) is 29.7 Å². The lowest BCUT2D eigenvalue weighted by Crippen LogP contribution is -2.23. The summed E-state index contributed by atoms with van der Waals surface area (Å²) in [5, 5.41) is 8.49. The lowest BCUT2D eigenvalue weighted by Gasteiger charge is -2.17. The van der Waals surface area contributed by atoms with Crippen LogP contribution in [0.25, 0.3) is 0 Å². The standard InChI is InChI=1S/C21H21Cl2N3O/c1-2-6-18(15-7-4-3-5-8-15)21(27)25-20-11-12-24-26(20)14-16-9-10-17(22)13-19(16)23/h3-5,7-13,18H,2,6,14H2,1H3,(H,25,27). The second-order valence-electron chi connectivity index (χ2n) is 6.35. The molecule has 0 aliphatic rings. The highest BCUT2D eigenvalue weighted by atomic mass is 35.5. The highest BCUT2D eigenvalue weighted by molar-refractivity contribution is 6.35. The molecule has 0 aliphatic carbocycles. The van der Waals surface area contributed by atoms with Gasteiger partial charge in [-0.15, -0.1) is 0 Å². The molecule has 0 spiro atoms. The Labute approximate surface area is 169 Å². The van der Waals surface area contributed by atoms with Crippen LogP contribution < -0.4 is 5.32 Å². The quantitative estimate of drug-likeness (QED) is 0.546. The van der Waals surface area contributed by atoms with Gasteiger partial charge in [0, 0.05) is 16.1 Å². The maximum Gasteiger partial charge on any atom is 0.233 e. The highest BCUT2D eigenvalue weighted by Crippen LogP contribution is 2.25. The predicted octanol–water partition coefficient (Wildman–Crippen LogP) is 5.76. The number of carbonyl (C=O) groups excluding carboxylic acids is 1. The second-order valence-corrected chi connectivity index (χ2v) is 7.19. The van der Waals surface area contributed by atoms with Gasteiger partial charge in [-0.25, -0.2) is 4.68 Å². The van der Waals surface area contributed by atoms with Gasteiger partial charge in [0.15, 0.2) is 0 Å². The van der Waals surface area contributed by atoms with Crippen molar-refractivity contribution in [3.8, 4) is 0 Å². The summed E-state index contributed by atoms with van der Waals surface area (Å²) in [6.07, 6.45) is 3.37. The first-order valence-electron chi connectivity index (χ1n) is 8.90. The Morgan fingerprint density at radius 1 is 1.15 bits per heavy atom. The summed E-state index contributed by atoms with van der Waals surface area (Å²) in [5.41, 5.74) is 1.90. The van der Waals surface area contributed by atoms with Gasteiger partial charge < -0.3 is 5.32 Å². The maximum atomic E-state index is 12.9.